The first kappa shape index (κ1) is 26.6. The summed E-state index contributed by atoms with van der Waals surface area (Å²) in [6.07, 6.45) is -0.214. The number of benzene rings is 2. The van der Waals surface area contributed by atoms with E-state index in [4.69, 9.17) is 9.15 Å². The van der Waals surface area contributed by atoms with E-state index in [9.17, 15) is 22.8 Å². The minimum absolute atomic E-state index is 0.108. The van der Waals surface area contributed by atoms with Gasteiger partial charge in [-0.25, -0.2) is 4.79 Å². The Hall–Kier alpha value is -4.44. The van der Waals surface area contributed by atoms with Crippen LogP contribution < -0.4 is 5.32 Å². The number of alkyl halides is 3. The number of nitrogens with zero attached hydrogens (tertiary/aromatic N) is 1. The molecule has 0 saturated heterocycles. The molecular formula is C28H23F3N2O5. The fraction of sp³-hybridized carbons (Fsp3) is 0.179. The Kier molecular flexibility index (Phi) is 7.92. The molecule has 2 aromatic carbocycles. The number of methoxy groups -OCH3 is 2. The number of ether oxygens (including phenoxy) is 2. The van der Waals surface area contributed by atoms with E-state index in [-0.39, 0.29) is 28.8 Å². The van der Waals surface area contributed by atoms with Crippen molar-refractivity contribution >= 4 is 28.9 Å². The molecule has 2 heterocycles. The zero-order chi connectivity index (χ0) is 27.3. The van der Waals surface area contributed by atoms with Gasteiger partial charge >= 0.3 is 12.1 Å². The number of aromatic nitrogens is 1. The van der Waals surface area contributed by atoms with Gasteiger partial charge in [0.25, 0.3) is 0 Å². The number of nitrogens with one attached hydrogen (secondary N) is 1. The van der Waals surface area contributed by atoms with Crippen molar-refractivity contribution in [1.29, 1.82) is 0 Å². The number of esters is 1. The highest BCUT2D eigenvalue weighted by molar-refractivity contribution is 5.92. The highest BCUT2D eigenvalue weighted by Crippen LogP contribution is 2.39. The first-order valence-corrected chi connectivity index (χ1v) is 11.4. The molecule has 0 saturated carbocycles. The standard InChI is InChI=1S/C28H23F3N2O5/c1-36-16-22-9-3-17(14-32-22)4-10-25(34)33-15-23-12-21-11-20(13-24(26(21)38-23)28(29,30)31)18-5-7-19(8-6-18)27(35)37-2/h3-14H,15-16H2,1-2H3,(H,33,34)/b10-4+. The molecule has 7 nitrogen and oxygen atoms in total. The molecule has 0 aliphatic heterocycles. The average Bonchev–Trinajstić information content (AvgIpc) is 3.33. The fourth-order valence-corrected chi connectivity index (χ4v) is 3.76. The molecule has 4 aromatic rings. The van der Waals surface area contributed by atoms with Crippen LogP contribution in [0.15, 0.2) is 71.3 Å². The van der Waals surface area contributed by atoms with E-state index in [1.54, 1.807) is 49.7 Å². The number of carbonyl (C=O) groups is 2. The van der Waals surface area contributed by atoms with Crippen LogP contribution in [0.5, 0.6) is 0 Å². The molecule has 4 rings (SSSR count). The van der Waals surface area contributed by atoms with Crippen LogP contribution in [0.25, 0.3) is 28.2 Å². The molecule has 0 aliphatic carbocycles. The Morgan fingerprint density at radius 2 is 1.79 bits per heavy atom. The lowest BCUT2D eigenvalue weighted by atomic mass is 9.99. The summed E-state index contributed by atoms with van der Waals surface area (Å²) in [6.45, 7) is 0.268. The maximum absolute atomic E-state index is 13.9. The third kappa shape index (κ3) is 6.27. The maximum atomic E-state index is 13.9. The molecule has 0 atom stereocenters. The van der Waals surface area contributed by atoms with Crippen LogP contribution in [-0.4, -0.2) is 31.1 Å². The minimum Gasteiger partial charge on any atom is -0.465 e. The van der Waals surface area contributed by atoms with Crippen molar-refractivity contribution in [2.75, 3.05) is 14.2 Å². The van der Waals surface area contributed by atoms with E-state index in [1.807, 2.05) is 0 Å². The molecule has 2 aromatic heterocycles. The maximum Gasteiger partial charge on any atom is 0.420 e. The third-order valence-corrected chi connectivity index (χ3v) is 5.62. The van der Waals surface area contributed by atoms with Gasteiger partial charge in [-0.05, 0) is 59.2 Å². The second-order valence-corrected chi connectivity index (χ2v) is 8.29. The second-order valence-electron chi connectivity index (χ2n) is 8.29. The van der Waals surface area contributed by atoms with Crippen molar-refractivity contribution < 1.29 is 36.7 Å². The van der Waals surface area contributed by atoms with Gasteiger partial charge in [0, 0.05) is 24.8 Å². The first-order chi connectivity index (χ1) is 18.2. The molecule has 0 radical (unpaired) electrons. The number of hydrogen-bond acceptors (Lipinski definition) is 6. The van der Waals surface area contributed by atoms with Gasteiger partial charge < -0.3 is 19.2 Å². The van der Waals surface area contributed by atoms with Crippen molar-refractivity contribution in [1.82, 2.24) is 10.3 Å². The molecule has 1 N–H and O–H groups in total. The van der Waals surface area contributed by atoms with Crippen molar-refractivity contribution in [3.63, 3.8) is 0 Å². The summed E-state index contributed by atoms with van der Waals surface area (Å²) in [5.74, 6) is -0.833. The van der Waals surface area contributed by atoms with E-state index in [1.165, 1.54) is 31.4 Å². The Balaban J connectivity index is 1.52. The normalized spacial score (nSPS) is 11.7. The van der Waals surface area contributed by atoms with Crippen LogP contribution in [0.3, 0.4) is 0 Å². The van der Waals surface area contributed by atoms with Gasteiger partial charge in [-0.1, -0.05) is 18.2 Å². The molecule has 0 unspecified atom stereocenters. The molecule has 0 fully saturated rings. The fourth-order valence-electron chi connectivity index (χ4n) is 3.76. The Bertz CT molecular complexity index is 1470. The zero-order valence-electron chi connectivity index (χ0n) is 20.5. The topological polar surface area (TPSA) is 90.7 Å². The molecule has 0 spiro atoms. The highest BCUT2D eigenvalue weighted by Gasteiger charge is 2.35. The SMILES string of the molecule is COCc1ccc(/C=C/C(=O)NCc2cc3cc(-c4ccc(C(=O)OC)cc4)cc(C(F)(F)F)c3o2)cn1. The minimum atomic E-state index is -4.67. The van der Waals surface area contributed by atoms with Crippen LogP contribution >= 0.6 is 0 Å². The summed E-state index contributed by atoms with van der Waals surface area (Å²) >= 11 is 0. The summed E-state index contributed by atoms with van der Waals surface area (Å²) in [5, 5.41) is 2.83. The Morgan fingerprint density at radius 1 is 1.03 bits per heavy atom. The van der Waals surface area contributed by atoms with Crippen molar-refractivity contribution in [2.45, 2.75) is 19.3 Å². The Morgan fingerprint density at radius 3 is 2.42 bits per heavy atom. The van der Waals surface area contributed by atoms with Crippen LogP contribution in [0.4, 0.5) is 13.2 Å². The van der Waals surface area contributed by atoms with Gasteiger partial charge in [0.2, 0.25) is 5.91 Å². The van der Waals surface area contributed by atoms with E-state index in [0.29, 0.717) is 23.3 Å². The lowest BCUT2D eigenvalue weighted by Gasteiger charge is -2.10. The van der Waals surface area contributed by atoms with Crippen molar-refractivity contribution in [3.05, 3.63) is 95.0 Å². The molecule has 10 heteroatoms. The van der Waals surface area contributed by atoms with Crippen molar-refractivity contribution in [2.24, 2.45) is 0 Å². The molecule has 0 bridgehead atoms. The zero-order valence-corrected chi connectivity index (χ0v) is 20.5. The van der Waals surface area contributed by atoms with Gasteiger partial charge in [-0.3, -0.25) is 9.78 Å². The summed E-state index contributed by atoms with van der Waals surface area (Å²) < 4.78 is 56.8. The largest absolute Gasteiger partial charge is 0.465 e. The van der Waals surface area contributed by atoms with Crippen LogP contribution in [0.1, 0.15) is 32.9 Å². The molecular weight excluding hydrogens is 501 g/mol. The van der Waals surface area contributed by atoms with E-state index >= 15 is 0 Å². The van der Waals surface area contributed by atoms with Gasteiger partial charge in [0.05, 0.1) is 37.1 Å². The van der Waals surface area contributed by atoms with Gasteiger partial charge in [0.1, 0.15) is 11.3 Å². The summed E-state index contributed by atoms with van der Waals surface area (Å²) in [5.41, 5.74) is 1.24. The van der Waals surface area contributed by atoms with E-state index in [0.717, 1.165) is 11.8 Å². The van der Waals surface area contributed by atoms with Gasteiger partial charge in [0.15, 0.2) is 0 Å². The number of amides is 1. The number of hydrogen-bond donors (Lipinski definition) is 1. The van der Waals surface area contributed by atoms with Crippen LogP contribution in [0, 0.1) is 0 Å². The quantitative estimate of drug-likeness (QED) is 0.232. The number of pyridine rings is 1. The predicted molar refractivity (Wildman–Crippen MR) is 134 cm³/mol. The summed E-state index contributed by atoms with van der Waals surface area (Å²) in [4.78, 5) is 28.1. The number of carbonyl (C=O) groups excluding carboxylic acids is 2. The number of halogens is 3. The van der Waals surface area contributed by atoms with E-state index < -0.39 is 23.6 Å². The summed E-state index contributed by atoms with van der Waals surface area (Å²) in [7, 11) is 2.81. The first-order valence-electron chi connectivity index (χ1n) is 11.4. The number of fused-ring (bicyclic) bond motifs is 1. The van der Waals surface area contributed by atoms with E-state index in [2.05, 4.69) is 15.0 Å². The monoisotopic (exact) mass is 524 g/mol. The highest BCUT2D eigenvalue weighted by atomic mass is 19.4. The molecule has 0 aliphatic rings. The molecule has 196 valence electrons. The smallest absolute Gasteiger partial charge is 0.420 e. The molecule has 1 amide bonds. The lowest BCUT2D eigenvalue weighted by molar-refractivity contribution is -0.136. The summed E-state index contributed by atoms with van der Waals surface area (Å²) in [6, 6.07) is 13.6. The Labute approximate surface area is 215 Å². The van der Waals surface area contributed by atoms with Gasteiger partial charge in [-0.2, -0.15) is 13.2 Å². The van der Waals surface area contributed by atoms with Crippen molar-refractivity contribution in [3.8, 4) is 11.1 Å². The third-order valence-electron chi connectivity index (χ3n) is 5.62. The van der Waals surface area contributed by atoms with Gasteiger partial charge in [-0.15, -0.1) is 0 Å². The predicted octanol–water partition coefficient (Wildman–Crippen LogP) is 5.78. The number of rotatable bonds is 8. The number of furan rings is 1. The average molecular weight is 524 g/mol. The second kappa shape index (κ2) is 11.3. The lowest BCUT2D eigenvalue weighted by Crippen LogP contribution is -2.19. The van der Waals surface area contributed by atoms with Crippen LogP contribution in [0.2, 0.25) is 0 Å². The van der Waals surface area contributed by atoms with Crippen LogP contribution in [-0.2, 0) is 33.6 Å². The molecule has 38 heavy (non-hydrogen) atoms.